The van der Waals surface area contributed by atoms with Crippen molar-refractivity contribution < 1.29 is 13.9 Å². The van der Waals surface area contributed by atoms with Crippen LogP contribution in [0.1, 0.15) is 57.8 Å². The summed E-state index contributed by atoms with van der Waals surface area (Å²) in [4.78, 5) is 15.3. The minimum atomic E-state index is -0.847. The predicted octanol–water partition coefficient (Wildman–Crippen LogP) is 0.988. The third-order valence-corrected chi connectivity index (χ3v) is 8.76. The van der Waals surface area contributed by atoms with Gasteiger partial charge in [0.15, 0.2) is 0 Å². The second-order valence-corrected chi connectivity index (χ2v) is 10.9. The van der Waals surface area contributed by atoms with Gasteiger partial charge in [-0.2, -0.15) is 5.26 Å². The molecule has 5 N–H and O–H groups in total. The summed E-state index contributed by atoms with van der Waals surface area (Å²) in [5.74, 6) is -0.0463. The van der Waals surface area contributed by atoms with Crippen molar-refractivity contribution in [1.29, 1.82) is 5.26 Å². The molecule has 198 valence electrons. The molecule has 9 nitrogen and oxygen atoms in total. The molecule has 2 saturated carbocycles. The van der Waals surface area contributed by atoms with Crippen LogP contribution in [-0.2, 0) is 9.53 Å². The summed E-state index contributed by atoms with van der Waals surface area (Å²) in [5, 5.41) is 19.6. The van der Waals surface area contributed by atoms with Gasteiger partial charge in [0, 0.05) is 44.0 Å². The lowest BCUT2D eigenvalue weighted by molar-refractivity contribution is -0.127. The number of likely N-dealkylation sites (N-methyl/N-ethyl adjacent to an activating group) is 1. The van der Waals surface area contributed by atoms with Crippen LogP contribution in [0.3, 0.4) is 0 Å². The van der Waals surface area contributed by atoms with Crippen molar-refractivity contribution in [3.63, 3.8) is 0 Å². The van der Waals surface area contributed by atoms with Crippen molar-refractivity contribution in [1.82, 2.24) is 31.7 Å². The number of hydrogen-bond acceptors (Lipinski definition) is 8. The SMILES string of the molecule is COC1CCCCC1[C@H](C#N)NC(=O)C1CCCC(NCC2NNC(C3CCNCC3F)N2C)C1. The highest BCUT2D eigenvalue weighted by Gasteiger charge is 2.40. The van der Waals surface area contributed by atoms with Gasteiger partial charge in [-0.05, 0) is 52.1 Å². The molecular formula is C25H44FN7O2. The molecule has 0 aromatic rings. The number of nitrogens with zero attached hydrogens (tertiary/aromatic N) is 2. The first kappa shape index (κ1) is 26.7. The van der Waals surface area contributed by atoms with Crippen molar-refractivity contribution in [3.8, 4) is 6.07 Å². The van der Waals surface area contributed by atoms with Crippen LogP contribution in [0.25, 0.3) is 0 Å². The van der Waals surface area contributed by atoms with E-state index in [0.29, 0.717) is 6.54 Å². The lowest BCUT2D eigenvalue weighted by Gasteiger charge is -2.36. The normalized spacial score (nSPS) is 39.6. The number of alkyl halides is 1. The van der Waals surface area contributed by atoms with Gasteiger partial charge in [0.1, 0.15) is 12.2 Å². The van der Waals surface area contributed by atoms with Crippen LogP contribution in [-0.4, -0.2) is 81.3 Å². The third-order valence-electron chi connectivity index (χ3n) is 8.76. The van der Waals surface area contributed by atoms with Crippen molar-refractivity contribution in [2.75, 3.05) is 33.8 Å². The van der Waals surface area contributed by atoms with E-state index < -0.39 is 12.2 Å². The van der Waals surface area contributed by atoms with Gasteiger partial charge in [0.2, 0.25) is 5.91 Å². The molecule has 0 aromatic heterocycles. The first-order valence-corrected chi connectivity index (χ1v) is 13.6. The molecule has 0 aromatic carbocycles. The fourth-order valence-electron chi connectivity index (χ4n) is 6.58. The first-order valence-electron chi connectivity index (χ1n) is 13.6. The van der Waals surface area contributed by atoms with Gasteiger partial charge in [-0.1, -0.05) is 19.3 Å². The van der Waals surface area contributed by atoms with Crippen LogP contribution < -0.4 is 26.8 Å². The zero-order valence-corrected chi connectivity index (χ0v) is 21.3. The zero-order chi connectivity index (χ0) is 24.8. The minimum absolute atomic E-state index is 0.00112. The zero-order valence-electron chi connectivity index (χ0n) is 21.3. The van der Waals surface area contributed by atoms with Crippen molar-refractivity contribution in [2.24, 2.45) is 17.8 Å². The standard InChI is InChI=1S/C25H44FN7O2/c1-33-23(31-32-24(33)18-10-11-28-14-20(18)26)15-29-17-7-5-6-16(12-17)25(34)30-21(13-27)19-8-3-4-9-22(19)35-2/h16-24,28-29,31-32H,3-12,14-15H2,1-2H3,(H,30,34)/t16?,17?,18?,19?,20?,21-,22?,23?,24?/m0/s1. The van der Waals surface area contributed by atoms with Crippen LogP contribution in [0.4, 0.5) is 4.39 Å². The largest absolute Gasteiger partial charge is 0.381 e. The number of nitriles is 1. The lowest BCUT2D eigenvalue weighted by atomic mass is 9.80. The minimum Gasteiger partial charge on any atom is -0.381 e. The number of piperidine rings is 1. The van der Waals surface area contributed by atoms with Crippen molar-refractivity contribution in [2.45, 2.75) is 94.5 Å². The average molecular weight is 494 g/mol. The molecule has 0 bridgehead atoms. The van der Waals surface area contributed by atoms with Crippen LogP contribution in [0.2, 0.25) is 0 Å². The van der Waals surface area contributed by atoms with E-state index in [-0.39, 0.29) is 48.1 Å². The number of hydrogen-bond donors (Lipinski definition) is 5. The lowest BCUT2D eigenvalue weighted by Crippen LogP contribution is -2.52. The summed E-state index contributed by atoms with van der Waals surface area (Å²) in [5.41, 5.74) is 6.63. The molecule has 1 amide bonds. The van der Waals surface area contributed by atoms with Gasteiger partial charge in [0.25, 0.3) is 0 Å². The van der Waals surface area contributed by atoms with Gasteiger partial charge in [-0.3, -0.25) is 9.69 Å². The predicted molar refractivity (Wildman–Crippen MR) is 132 cm³/mol. The summed E-state index contributed by atoms with van der Waals surface area (Å²) in [7, 11) is 3.74. The Balaban J connectivity index is 1.24. The fraction of sp³-hybridized carbons (Fsp3) is 0.920. The molecule has 2 aliphatic heterocycles. The molecule has 0 spiro atoms. The molecule has 2 aliphatic carbocycles. The topological polar surface area (TPSA) is 113 Å². The second kappa shape index (κ2) is 12.7. The van der Waals surface area contributed by atoms with Crippen molar-refractivity contribution >= 4 is 5.91 Å². The molecule has 8 unspecified atom stereocenters. The number of halogens is 1. The molecule has 4 aliphatic rings. The third kappa shape index (κ3) is 6.51. The van der Waals surface area contributed by atoms with Gasteiger partial charge >= 0.3 is 0 Å². The molecule has 2 heterocycles. The van der Waals surface area contributed by atoms with Gasteiger partial charge in [0.05, 0.1) is 24.5 Å². The number of carbonyl (C=O) groups excluding carboxylic acids is 1. The molecule has 10 heteroatoms. The van der Waals surface area contributed by atoms with Crippen LogP contribution in [0.5, 0.6) is 0 Å². The van der Waals surface area contributed by atoms with Crippen LogP contribution >= 0.6 is 0 Å². The Labute approximate surface area is 209 Å². The van der Waals surface area contributed by atoms with E-state index in [1.807, 2.05) is 7.05 Å². The number of carbonyl (C=O) groups is 1. The van der Waals surface area contributed by atoms with E-state index in [1.165, 1.54) is 0 Å². The van der Waals surface area contributed by atoms with E-state index in [0.717, 1.165) is 70.9 Å². The van der Waals surface area contributed by atoms with Gasteiger partial charge < -0.3 is 20.7 Å². The van der Waals surface area contributed by atoms with Gasteiger partial charge in [-0.15, -0.1) is 0 Å². The van der Waals surface area contributed by atoms with Crippen LogP contribution in [0.15, 0.2) is 0 Å². The second-order valence-electron chi connectivity index (χ2n) is 10.9. The van der Waals surface area contributed by atoms with Crippen LogP contribution in [0, 0.1) is 29.1 Å². The summed E-state index contributed by atoms with van der Waals surface area (Å²) in [6.45, 7) is 2.00. The Hall–Kier alpha value is -1.35. The van der Waals surface area contributed by atoms with Crippen molar-refractivity contribution in [3.05, 3.63) is 0 Å². The Kier molecular flexibility index (Phi) is 9.73. The number of rotatable bonds is 8. The molecule has 9 atom stereocenters. The Morgan fingerprint density at radius 2 is 2.03 bits per heavy atom. The Morgan fingerprint density at radius 1 is 1.20 bits per heavy atom. The summed E-state index contributed by atoms with van der Waals surface area (Å²) in [6.07, 6.45) is 7.78. The molecule has 2 saturated heterocycles. The van der Waals surface area contributed by atoms with E-state index in [4.69, 9.17) is 4.74 Å². The van der Waals surface area contributed by atoms with E-state index in [2.05, 4.69) is 37.8 Å². The maximum atomic E-state index is 14.4. The number of amides is 1. The van der Waals surface area contributed by atoms with E-state index >= 15 is 0 Å². The summed E-state index contributed by atoms with van der Waals surface area (Å²) < 4.78 is 20.1. The molecule has 4 fully saturated rings. The highest BCUT2D eigenvalue weighted by molar-refractivity contribution is 5.79. The Morgan fingerprint density at radius 3 is 2.80 bits per heavy atom. The monoisotopic (exact) mass is 493 g/mol. The quantitative estimate of drug-likeness (QED) is 0.340. The Bertz CT molecular complexity index is 737. The summed E-state index contributed by atoms with van der Waals surface area (Å²) in [6, 6.07) is 2.10. The highest BCUT2D eigenvalue weighted by Crippen LogP contribution is 2.30. The van der Waals surface area contributed by atoms with E-state index in [9.17, 15) is 14.4 Å². The number of methoxy groups -OCH3 is 1. The molecule has 4 rings (SSSR count). The number of hydrazine groups is 1. The smallest absolute Gasteiger partial charge is 0.224 e. The highest BCUT2D eigenvalue weighted by atomic mass is 19.1. The van der Waals surface area contributed by atoms with E-state index in [1.54, 1.807) is 7.11 Å². The fourth-order valence-corrected chi connectivity index (χ4v) is 6.58. The van der Waals surface area contributed by atoms with Gasteiger partial charge in [-0.25, -0.2) is 15.2 Å². The average Bonchev–Trinajstić information content (AvgIpc) is 3.26. The summed E-state index contributed by atoms with van der Waals surface area (Å²) >= 11 is 0. The maximum Gasteiger partial charge on any atom is 0.224 e. The first-order chi connectivity index (χ1) is 17.0. The number of nitrogens with one attached hydrogen (secondary N) is 5. The maximum absolute atomic E-state index is 14.4. The molecule has 35 heavy (non-hydrogen) atoms. The molecule has 0 radical (unpaired) electrons. The number of ether oxygens (including phenoxy) is 1. The molecular weight excluding hydrogens is 449 g/mol.